The molecule has 0 spiro atoms. The summed E-state index contributed by atoms with van der Waals surface area (Å²) >= 11 is 0. The number of hydrogen-bond acceptors (Lipinski definition) is 5. The molecule has 0 unspecified atom stereocenters. The number of nitrogens with zero attached hydrogens (tertiary/aromatic N) is 2. The zero-order chi connectivity index (χ0) is 21.9. The van der Waals surface area contributed by atoms with Gasteiger partial charge in [-0.1, -0.05) is 36.4 Å². The number of aromatic nitrogens is 1. The maximum atomic E-state index is 13.1. The molecule has 0 atom stereocenters. The van der Waals surface area contributed by atoms with Crippen LogP contribution in [0.5, 0.6) is 5.75 Å². The maximum absolute atomic E-state index is 13.1. The van der Waals surface area contributed by atoms with E-state index in [1.165, 1.54) is 0 Å². The Kier molecular flexibility index (Phi) is 8.17. The van der Waals surface area contributed by atoms with E-state index in [0.29, 0.717) is 25.3 Å². The number of pyridine rings is 1. The number of rotatable bonds is 10. The van der Waals surface area contributed by atoms with Gasteiger partial charge in [0.2, 0.25) is 0 Å². The van der Waals surface area contributed by atoms with E-state index in [4.69, 9.17) is 9.47 Å². The van der Waals surface area contributed by atoms with Crippen LogP contribution in [-0.2, 0) is 22.7 Å². The molecule has 0 radical (unpaired) electrons. The molecule has 1 aromatic heterocycles. The number of ether oxygens (including phenoxy) is 2. The van der Waals surface area contributed by atoms with Gasteiger partial charge in [0.25, 0.3) is 5.91 Å². The van der Waals surface area contributed by atoms with Crippen LogP contribution in [0.1, 0.15) is 34.8 Å². The van der Waals surface area contributed by atoms with E-state index in [-0.39, 0.29) is 24.8 Å². The molecule has 0 saturated heterocycles. The molecule has 6 nitrogen and oxygen atoms in total. The highest BCUT2D eigenvalue weighted by atomic mass is 16.5. The van der Waals surface area contributed by atoms with E-state index in [2.05, 4.69) is 4.98 Å². The second kappa shape index (κ2) is 11.5. The Labute approximate surface area is 182 Å². The van der Waals surface area contributed by atoms with Crippen molar-refractivity contribution in [2.45, 2.75) is 26.5 Å². The lowest BCUT2D eigenvalue weighted by Crippen LogP contribution is -2.33. The molecule has 0 aliphatic heterocycles. The number of carbonyl (C=O) groups excluding carboxylic acids is 2. The third-order valence-electron chi connectivity index (χ3n) is 4.62. The second-order valence-corrected chi connectivity index (χ2v) is 6.94. The average Bonchev–Trinajstić information content (AvgIpc) is 2.82. The largest absolute Gasteiger partial charge is 0.489 e. The second-order valence-electron chi connectivity index (χ2n) is 6.94. The highest BCUT2D eigenvalue weighted by molar-refractivity contribution is 5.94. The molecule has 0 aliphatic rings. The van der Waals surface area contributed by atoms with Crippen molar-refractivity contribution in [2.24, 2.45) is 0 Å². The lowest BCUT2D eigenvalue weighted by atomic mass is 10.1. The first-order valence-corrected chi connectivity index (χ1v) is 10.3. The first-order valence-electron chi connectivity index (χ1n) is 10.3. The Morgan fingerprint density at radius 1 is 0.935 bits per heavy atom. The van der Waals surface area contributed by atoms with Crippen molar-refractivity contribution >= 4 is 11.9 Å². The Balaban J connectivity index is 1.66. The molecule has 1 heterocycles. The molecule has 0 saturated carbocycles. The summed E-state index contributed by atoms with van der Waals surface area (Å²) in [5, 5.41) is 0. The first-order chi connectivity index (χ1) is 15.2. The third-order valence-corrected chi connectivity index (χ3v) is 4.62. The van der Waals surface area contributed by atoms with Crippen LogP contribution in [-0.4, -0.2) is 34.9 Å². The summed E-state index contributed by atoms with van der Waals surface area (Å²) in [6, 6.07) is 20.6. The van der Waals surface area contributed by atoms with Crippen LogP contribution in [0.2, 0.25) is 0 Å². The Morgan fingerprint density at radius 3 is 2.39 bits per heavy atom. The number of carbonyl (C=O) groups is 2. The number of esters is 1. The molecule has 2 aromatic carbocycles. The van der Waals surface area contributed by atoms with Crippen LogP contribution in [0, 0.1) is 0 Å². The van der Waals surface area contributed by atoms with Crippen molar-refractivity contribution in [2.75, 3.05) is 13.2 Å². The van der Waals surface area contributed by atoms with Gasteiger partial charge in [-0.15, -0.1) is 0 Å². The SMILES string of the molecule is CCOC(=O)CCN(Cc1cccnc1)C(=O)c1ccc(COc2ccccc2)cc1. The van der Waals surface area contributed by atoms with Gasteiger partial charge in [0.05, 0.1) is 13.0 Å². The van der Waals surface area contributed by atoms with Crippen LogP contribution >= 0.6 is 0 Å². The minimum Gasteiger partial charge on any atom is -0.489 e. The van der Waals surface area contributed by atoms with Crippen LogP contribution < -0.4 is 4.74 Å². The minimum atomic E-state index is -0.320. The van der Waals surface area contributed by atoms with Gasteiger partial charge in [0.15, 0.2) is 0 Å². The van der Waals surface area contributed by atoms with Crippen molar-refractivity contribution in [3.63, 3.8) is 0 Å². The Hall–Kier alpha value is -3.67. The highest BCUT2D eigenvalue weighted by Gasteiger charge is 2.18. The van der Waals surface area contributed by atoms with Crippen molar-refractivity contribution in [3.05, 3.63) is 95.8 Å². The fourth-order valence-electron chi connectivity index (χ4n) is 3.03. The molecule has 0 aliphatic carbocycles. The van der Waals surface area contributed by atoms with Gasteiger partial charge in [0, 0.05) is 31.0 Å². The Bertz CT molecular complexity index is 960. The van der Waals surface area contributed by atoms with Gasteiger partial charge in [-0.05, 0) is 48.4 Å². The molecule has 3 rings (SSSR count). The van der Waals surface area contributed by atoms with Crippen molar-refractivity contribution in [1.29, 1.82) is 0 Å². The van der Waals surface area contributed by atoms with Gasteiger partial charge in [-0.2, -0.15) is 0 Å². The van der Waals surface area contributed by atoms with E-state index < -0.39 is 0 Å². The monoisotopic (exact) mass is 418 g/mol. The summed E-state index contributed by atoms with van der Waals surface area (Å²) in [4.78, 5) is 30.7. The summed E-state index contributed by atoms with van der Waals surface area (Å²) in [6.45, 7) is 3.14. The first kappa shape index (κ1) is 22.0. The van der Waals surface area contributed by atoms with Crippen LogP contribution in [0.3, 0.4) is 0 Å². The molecule has 0 N–H and O–H groups in total. The topological polar surface area (TPSA) is 68.7 Å². The molecule has 3 aromatic rings. The number of hydrogen-bond donors (Lipinski definition) is 0. The van der Waals surface area contributed by atoms with E-state index in [9.17, 15) is 9.59 Å². The van der Waals surface area contributed by atoms with E-state index in [1.54, 1.807) is 36.4 Å². The van der Waals surface area contributed by atoms with E-state index in [1.807, 2.05) is 54.6 Å². The summed E-state index contributed by atoms with van der Waals surface area (Å²) in [5.74, 6) is 0.327. The van der Waals surface area contributed by atoms with Gasteiger partial charge < -0.3 is 14.4 Å². The number of benzene rings is 2. The average molecular weight is 418 g/mol. The standard InChI is InChI=1S/C25H26N2O4/c1-2-30-24(28)14-16-27(18-21-7-6-15-26-17-21)25(29)22-12-10-20(11-13-22)19-31-23-8-4-3-5-9-23/h3-13,15,17H,2,14,16,18-19H2,1H3. The summed E-state index contributed by atoms with van der Waals surface area (Å²) in [5.41, 5.74) is 2.41. The molecule has 31 heavy (non-hydrogen) atoms. The van der Waals surface area contributed by atoms with Crippen molar-refractivity contribution < 1.29 is 19.1 Å². The lowest BCUT2D eigenvalue weighted by molar-refractivity contribution is -0.143. The van der Waals surface area contributed by atoms with E-state index in [0.717, 1.165) is 16.9 Å². The summed E-state index contributed by atoms with van der Waals surface area (Å²) in [6.07, 6.45) is 3.54. The highest BCUT2D eigenvalue weighted by Crippen LogP contribution is 2.15. The summed E-state index contributed by atoms with van der Waals surface area (Å²) < 4.78 is 10.8. The van der Waals surface area contributed by atoms with Crippen LogP contribution in [0.25, 0.3) is 0 Å². The summed E-state index contributed by atoms with van der Waals surface area (Å²) in [7, 11) is 0. The Morgan fingerprint density at radius 2 is 1.71 bits per heavy atom. The smallest absolute Gasteiger partial charge is 0.307 e. The zero-order valence-electron chi connectivity index (χ0n) is 17.6. The molecule has 160 valence electrons. The molecule has 6 heteroatoms. The van der Waals surface area contributed by atoms with Gasteiger partial charge in [-0.3, -0.25) is 14.6 Å². The van der Waals surface area contributed by atoms with Crippen LogP contribution in [0.4, 0.5) is 0 Å². The van der Waals surface area contributed by atoms with Gasteiger partial charge >= 0.3 is 5.97 Å². The third kappa shape index (κ3) is 6.96. The molecular formula is C25H26N2O4. The lowest BCUT2D eigenvalue weighted by Gasteiger charge is -2.22. The fourth-order valence-corrected chi connectivity index (χ4v) is 3.03. The quantitative estimate of drug-likeness (QED) is 0.460. The molecular weight excluding hydrogens is 392 g/mol. The number of amides is 1. The van der Waals surface area contributed by atoms with Crippen molar-refractivity contribution in [1.82, 2.24) is 9.88 Å². The zero-order valence-corrected chi connectivity index (χ0v) is 17.6. The number of para-hydroxylation sites is 1. The van der Waals surface area contributed by atoms with E-state index >= 15 is 0 Å². The predicted octanol–water partition coefficient (Wildman–Crippen LogP) is 4.26. The normalized spacial score (nSPS) is 10.4. The molecule has 1 amide bonds. The van der Waals surface area contributed by atoms with Gasteiger partial charge in [-0.25, -0.2) is 0 Å². The molecule has 0 fully saturated rings. The fraction of sp³-hybridized carbons (Fsp3) is 0.240. The van der Waals surface area contributed by atoms with Crippen molar-refractivity contribution in [3.8, 4) is 5.75 Å². The molecule has 0 bridgehead atoms. The van der Waals surface area contributed by atoms with Gasteiger partial charge in [0.1, 0.15) is 12.4 Å². The minimum absolute atomic E-state index is 0.142. The predicted molar refractivity (Wildman–Crippen MR) is 117 cm³/mol. The van der Waals surface area contributed by atoms with Crippen LogP contribution in [0.15, 0.2) is 79.1 Å². The maximum Gasteiger partial charge on any atom is 0.307 e.